The molecule has 2 aliphatic rings. The minimum atomic E-state index is 0.381. The van der Waals surface area contributed by atoms with E-state index in [1.54, 1.807) is 0 Å². The molecular formula is C13H15NOS. The van der Waals surface area contributed by atoms with Gasteiger partial charge < -0.3 is 4.74 Å². The van der Waals surface area contributed by atoms with Crippen molar-refractivity contribution in [3.8, 4) is 0 Å². The van der Waals surface area contributed by atoms with Crippen molar-refractivity contribution in [1.29, 1.82) is 0 Å². The second-order valence-electron chi connectivity index (χ2n) is 4.27. The molecule has 2 heterocycles. The highest BCUT2D eigenvalue weighted by Gasteiger charge is 2.20. The van der Waals surface area contributed by atoms with Gasteiger partial charge in [-0.2, -0.15) is 11.8 Å². The standard InChI is InChI=1S/C13H15NOS/c1-2-6-12-10(4-1)8-13(14-12)15-11-5-3-7-16-9-11/h1-2,4,6,11H,3,5,7-9H2. The van der Waals surface area contributed by atoms with E-state index in [1.807, 2.05) is 17.8 Å². The Balaban J connectivity index is 1.66. The third-order valence-corrected chi connectivity index (χ3v) is 4.18. The van der Waals surface area contributed by atoms with Crippen LogP contribution in [0.5, 0.6) is 0 Å². The van der Waals surface area contributed by atoms with Crippen LogP contribution in [0.15, 0.2) is 29.3 Å². The molecule has 2 nitrogen and oxygen atoms in total. The average Bonchev–Trinajstić information content (AvgIpc) is 2.72. The van der Waals surface area contributed by atoms with Gasteiger partial charge in [-0.25, -0.2) is 4.99 Å². The molecule has 1 saturated heterocycles. The Morgan fingerprint density at radius 3 is 3.06 bits per heavy atom. The lowest BCUT2D eigenvalue weighted by atomic mass is 10.1. The van der Waals surface area contributed by atoms with E-state index >= 15 is 0 Å². The minimum absolute atomic E-state index is 0.381. The van der Waals surface area contributed by atoms with Crippen molar-refractivity contribution >= 4 is 23.3 Å². The Morgan fingerprint density at radius 2 is 2.25 bits per heavy atom. The molecule has 1 atom stereocenters. The van der Waals surface area contributed by atoms with Crippen molar-refractivity contribution in [2.45, 2.75) is 25.4 Å². The van der Waals surface area contributed by atoms with Crippen LogP contribution in [0.1, 0.15) is 18.4 Å². The molecule has 3 heteroatoms. The molecule has 0 aliphatic carbocycles. The number of aliphatic imine (C=N–C) groups is 1. The van der Waals surface area contributed by atoms with Gasteiger partial charge in [0.2, 0.25) is 0 Å². The monoisotopic (exact) mass is 233 g/mol. The Bertz CT molecular complexity index is 410. The van der Waals surface area contributed by atoms with Crippen molar-refractivity contribution < 1.29 is 4.74 Å². The summed E-state index contributed by atoms with van der Waals surface area (Å²) in [6.45, 7) is 0. The highest BCUT2D eigenvalue weighted by Crippen LogP contribution is 2.28. The Hall–Kier alpha value is -0.960. The van der Waals surface area contributed by atoms with E-state index in [9.17, 15) is 0 Å². The van der Waals surface area contributed by atoms with Gasteiger partial charge in [0.25, 0.3) is 0 Å². The van der Waals surface area contributed by atoms with E-state index in [-0.39, 0.29) is 0 Å². The van der Waals surface area contributed by atoms with Crippen molar-refractivity contribution in [1.82, 2.24) is 0 Å². The average molecular weight is 233 g/mol. The molecule has 3 rings (SSSR count). The van der Waals surface area contributed by atoms with Crippen LogP contribution >= 0.6 is 11.8 Å². The molecule has 1 aromatic rings. The second kappa shape index (κ2) is 4.50. The topological polar surface area (TPSA) is 21.6 Å². The summed E-state index contributed by atoms with van der Waals surface area (Å²) in [5.74, 6) is 3.32. The molecule has 0 spiro atoms. The van der Waals surface area contributed by atoms with Gasteiger partial charge in [-0.05, 0) is 30.2 Å². The summed E-state index contributed by atoms with van der Waals surface area (Å²) in [5.41, 5.74) is 2.38. The first-order valence-electron chi connectivity index (χ1n) is 5.82. The number of para-hydroxylation sites is 1. The molecule has 0 bridgehead atoms. The zero-order chi connectivity index (χ0) is 10.8. The molecule has 1 aromatic carbocycles. The van der Waals surface area contributed by atoms with Crippen LogP contribution in [0.4, 0.5) is 5.69 Å². The lowest BCUT2D eigenvalue weighted by Crippen LogP contribution is -2.23. The maximum Gasteiger partial charge on any atom is 0.193 e. The van der Waals surface area contributed by atoms with Crippen LogP contribution in [0, 0.1) is 0 Å². The molecule has 84 valence electrons. The number of hydrogen-bond donors (Lipinski definition) is 0. The smallest absolute Gasteiger partial charge is 0.193 e. The van der Waals surface area contributed by atoms with Crippen molar-refractivity contribution in [2.24, 2.45) is 4.99 Å². The summed E-state index contributed by atoms with van der Waals surface area (Å²) in [6.07, 6.45) is 3.71. The number of nitrogens with zero attached hydrogens (tertiary/aromatic N) is 1. The van der Waals surface area contributed by atoms with Crippen LogP contribution in [0.3, 0.4) is 0 Å². The van der Waals surface area contributed by atoms with Crippen LogP contribution < -0.4 is 0 Å². The van der Waals surface area contributed by atoms with E-state index in [4.69, 9.17) is 4.74 Å². The third kappa shape index (κ3) is 2.09. The first-order chi connectivity index (χ1) is 7.92. The Kier molecular flexibility index (Phi) is 2.87. The molecule has 1 fully saturated rings. The maximum absolute atomic E-state index is 5.96. The normalized spacial score (nSPS) is 23.8. The van der Waals surface area contributed by atoms with Crippen molar-refractivity contribution in [2.75, 3.05) is 11.5 Å². The quantitative estimate of drug-likeness (QED) is 0.743. The van der Waals surface area contributed by atoms with E-state index < -0.39 is 0 Å². The van der Waals surface area contributed by atoms with Crippen LogP contribution in [-0.2, 0) is 11.2 Å². The van der Waals surface area contributed by atoms with Gasteiger partial charge in [0.15, 0.2) is 5.90 Å². The number of hydrogen-bond acceptors (Lipinski definition) is 3. The highest BCUT2D eigenvalue weighted by atomic mass is 32.2. The molecule has 1 unspecified atom stereocenters. The van der Waals surface area contributed by atoms with Crippen molar-refractivity contribution in [3.05, 3.63) is 29.8 Å². The zero-order valence-corrected chi connectivity index (χ0v) is 10.0. The third-order valence-electron chi connectivity index (χ3n) is 3.00. The fraction of sp³-hybridized carbons (Fsp3) is 0.462. The summed E-state index contributed by atoms with van der Waals surface area (Å²) < 4.78 is 5.96. The fourth-order valence-electron chi connectivity index (χ4n) is 2.17. The van der Waals surface area contributed by atoms with E-state index in [0.29, 0.717) is 6.10 Å². The molecule has 0 aromatic heterocycles. The van der Waals surface area contributed by atoms with E-state index in [1.165, 1.54) is 24.2 Å². The SMILES string of the molecule is c1ccc2c(c1)CC(OC1CCCSC1)=N2. The van der Waals surface area contributed by atoms with Gasteiger partial charge in [-0.15, -0.1) is 0 Å². The number of ether oxygens (including phenoxy) is 1. The lowest BCUT2D eigenvalue weighted by Gasteiger charge is -2.22. The van der Waals surface area contributed by atoms with Gasteiger partial charge in [-0.3, -0.25) is 0 Å². The zero-order valence-electron chi connectivity index (χ0n) is 9.19. The van der Waals surface area contributed by atoms with Gasteiger partial charge in [0.05, 0.1) is 12.1 Å². The molecule has 2 aliphatic heterocycles. The first-order valence-corrected chi connectivity index (χ1v) is 6.97. The molecule has 0 saturated carbocycles. The largest absolute Gasteiger partial charge is 0.476 e. The predicted octanol–water partition coefficient (Wildman–Crippen LogP) is 3.18. The Labute approximate surface area is 100 Å². The van der Waals surface area contributed by atoms with E-state index in [0.717, 1.165) is 23.8 Å². The predicted molar refractivity (Wildman–Crippen MR) is 68.7 cm³/mol. The van der Waals surface area contributed by atoms with Gasteiger partial charge in [-0.1, -0.05) is 18.2 Å². The molecule has 16 heavy (non-hydrogen) atoms. The molecule has 0 N–H and O–H groups in total. The van der Waals surface area contributed by atoms with Gasteiger partial charge >= 0.3 is 0 Å². The van der Waals surface area contributed by atoms with Crippen molar-refractivity contribution in [3.63, 3.8) is 0 Å². The van der Waals surface area contributed by atoms with Gasteiger partial charge in [0.1, 0.15) is 6.10 Å². The fourth-order valence-corrected chi connectivity index (χ4v) is 3.21. The Morgan fingerprint density at radius 1 is 1.31 bits per heavy atom. The first kappa shape index (κ1) is 10.2. The molecule has 0 radical (unpaired) electrons. The summed E-state index contributed by atoms with van der Waals surface area (Å²) in [7, 11) is 0. The lowest BCUT2D eigenvalue weighted by molar-refractivity contribution is 0.195. The van der Waals surface area contributed by atoms with Crippen LogP contribution in [0.25, 0.3) is 0 Å². The van der Waals surface area contributed by atoms with E-state index in [2.05, 4.69) is 23.2 Å². The molecular weight excluding hydrogens is 218 g/mol. The summed E-state index contributed by atoms with van der Waals surface area (Å²) in [6, 6.07) is 8.28. The number of benzene rings is 1. The minimum Gasteiger partial charge on any atom is -0.476 e. The summed E-state index contributed by atoms with van der Waals surface area (Å²) in [4.78, 5) is 4.53. The highest BCUT2D eigenvalue weighted by molar-refractivity contribution is 7.99. The number of thioether (sulfide) groups is 1. The summed E-state index contributed by atoms with van der Waals surface area (Å²) in [5, 5.41) is 0. The number of rotatable bonds is 1. The maximum atomic E-state index is 5.96. The number of fused-ring (bicyclic) bond motifs is 1. The van der Waals surface area contributed by atoms with Crippen LogP contribution in [-0.4, -0.2) is 23.5 Å². The molecule has 0 amide bonds. The second-order valence-corrected chi connectivity index (χ2v) is 5.42. The van der Waals surface area contributed by atoms with Crippen LogP contribution in [0.2, 0.25) is 0 Å². The van der Waals surface area contributed by atoms with Gasteiger partial charge in [0, 0.05) is 5.75 Å². The summed E-state index contributed by atoms with van der Waals surface area (Å²) >= 11 is 1.99.